The zero-order valence-corrected chi connectivity index (χ0v) is 13.9. The molecule has 0 unspecified atom stereocenters. The van der Waals surface area contributed by atoms with Crippen LogP contribution in [0.25, 0.3) is 0 Å². The number of amides is 1. The summed E-state index contributed by atoms with van der Waals surface area (Å²) in [6.45, 7) is 2.46. The topological polar surface area (TPSA) is 79.5 Å². The molecule has 0 heterocycles. The van der Waals surface area contributed by atoms with Crippen LogP contribution in [-0.2, 0) is 17.6 Å². The van der Waals surface area contributed by atoms with Gasteiger partial charge in [-0.15, -0.1) is 24.0 Å². The molecule has 0 saturated carbocycles. The molecular weight excluding hydrogens is 367 g/mol. The Hall–Kier alpha value is -1.31. The van der Waals surface area contributed by atoms with Gasteiger partial charge in [0.2, 0.25) is 5.91 Å². The van der Waals surface area contributed by atoms with Gasteiger partial charge in [0.25, 0.3) is 0 Å². The van der Waals surface area contributed by atoms with E-state index in [4.69, 9.17) is 5.73 Å². The number of aryl methyl sites for hydroxylation is 2. The lowest BCUT2D eigenvalue weighted by Crippen LogP contribution is -2.27. The van der Waals surface area contributed by atoms with Gasteiger partial charge in [-0.2, -0.15) is 0 Å². The average molecular weight is 388 g/mol. The Kier molecular flexibility index (Phi) is 6.77. The summed E-state index contributed by atoms with van der Waals surface area (Å²) in [5, 5.41) is 5.74. The maximum atomic E-state index is 10.7. The molecular formula is C14H21IN4O. The van der Waals surface area contributed by atoms with Gasteiger partial charge in [0.05, 0.1) is 6.54 Å². The van der Waals surface area contributed by atoms with Gasteiger partial charge >= 0.3 is 0 Å². The highest BCUT2D eigenvalue weighted by atomic mass is 127. The molecule has 5 nitrogen and oxygen atoms in total. The third kappa shape index (κ3) is 4.99. The largest absolute Gasteiger partial charge is 0.370 e. The van der Waals surface area contributed by atoms with E-state index >= 15 is 0 Å². The van der Waals surface area contributed by atoms with Gasteiger partial charge in [0.15, 0.2) is 5.96 Å². The van der Waals surface area contributed by atoms with E-state index < -0.39 is 0 Å². The number of aliphatic imine (C=N–C) groups is 1. The first kappa shape index (κ1) is 16.7. The smallest absolute Gasteiger partial charge is 0.216 e. The van der Waals surface area contributed by atoms with Crippen molar-refractivity contribution in [3.05, 3.63) is 29.3 Å². The molecule has 110 valence electrons. The normalized spacial score (nSPS) is 13.3. The second-order valence-corrected chi connectivity index (χ2v) is 4.71. The van der Waals surface area contributed by atoms with Crippen LogP contribution in [0.5, 0.6) is 0 Å². The Morgan fingerprint density at radius 3 is 2.85 bits per heavy atom. The van der Waals surface area contributed by atoms with E-state index in [2.05, 4.69) is 27.8 Å². The Bertz CT molecular complexity index is 502. The van der Waals surface area contributed by atoms with Gasteiger partial charge in [0.1, 0.15) is 0 Å². The van der Waals surface area contributed by atoms with Crippen LogP contribution in [0.15, 0.2) is 23.2 Å². The Morgan fingerprint density at radius 2 is 2.10 bits per heavy atom. The monoisotopic (exact) mass is 388 g/mol. The molecule has 1 aromatic carbocycles. The molecule has 4 N–H and O–H groups in total. The van der Waals surface area contributed by atoms with E-state index in [9.17, 15) is 4.79 Å². The lowest BCUT2D eigenvalue weighted by molar-refractivity contribution is -0.118. The molecule has 0 bridgehead atoms. The minimum Gasteiger partial charge on any atom is -0.370 e. The summed E-state index contributed by atoms with van der Waals surface area (Å²) < 4.78 is 0. The van der Waals surface area contributed by atoms with E-state index in [-0.39, 0.29) is 29.9 Å². The minimum absolute atomic E-state index is 0. The number of anilines is 1. The van der Waals surface area contributed by atoms with E-state index in [1.165, 1.54) is 30.9 Å². The zero-order valence-electron chi connectivity index (χ0n) is 11.6. The highest BCUT2D eigenvalue weighted by Gasteiger charge is 2.10. The predicted octanol–water partition coefficient (Wildman–Crippen LogP) is 1.66. The molecule has 0 spiro atoms. The predicted molar refractivity (Wildman–Crippen MR) is 92.7 cm³/mol. The fourth-order valence-corrected chi connectivity index (χ4v) is 2.25. The van der Waals surface area contributed by atoms with Crippen molar-refractivity contribution in [2.24, 2.45) is 10.7 Å². The molecule has 6 heteroatoms. The van der Waals surface area contributed by atoms with Crippen LogP contribution in [-0.4, -0.2) is 25.0 Å². The lowest BCUT2D eigenvalue weighted by atomic mass is 10.1. The summed E-state index contributed by atoms with van der Waals surface area (Å²) >= 11 is 0. The highest BCUT2D eigenvalue weighted by molar-refractivity contribution is 14.0. The lowest BCUT2D eigenvalue weighted by Gasteiger charge is -2.08. The summed E-state index contributed by atoms with van der Waals surface area (Å²) in [6.07, 6.45) is 3.55. The van der Waals surface area contributed by atoms with Crippen LogP contribution in [0.2, 0.25) is 0 Å². The molecule has 2 rings (SSSR count). The van der Waals surface area contributed by atoms with Crippen LogP contribution >= 0.6 is 24.0 Å². The number of fused-ring (bicyclic) bond motifs is 1. The molecule has 20 heavy (non-hydrogen) atoms. The molecule has 1 aliphatic rings. The third-order valence-corrected chi connectivity index (χ3v) is 3.14. The molecule has 1 aliphatic carbocycles. The molecule has 0 radical (unpaired) electrons. The molecule has 1 amide bonds. The van der Waals surface area contributed by atoms with Gasteiger partial charge < -0.3 is 16.4 Å². The number of carbonyl (C=O) groups excluding carboxylic acids is 1. The first-order valence-corrected chi connectivity index (χ1v) is 6.58. The molecule has 1 aromatic rings. The summed E-state index contributed by atoms with van der Waals surface area (Å²) in [5.74, 6) is 0.323. The van der Waals surface area contributed by atoms with Gasteiger partial charge in [-0.1, -0.05) is 6.07 Å². The maximum absolute atomic E-state index is 10.7. The van der Waals surface area contributed by atoms with Crippen LogP contribution < -0.4 is 16.4 Å². The van der Waals surface area contributed by atoms with Gasteiger partial charge in [0, 0.05) is 19.2 Å². The molecule has 0 atom stereocenters. The maximum Gasteiger partial charge on any atom is 0.216 e. The van der Waals surface area contributed by atoms with E-state index in [0.29, 0.717) is 19.0 Å². The number of nitrogens with two attached hydrogens (primary N) is 1. The molecule has 0 saturated heterocycles. The fourth-order valence-electron chi connectivity index (χ4n) is 2.25. The van der Waals surface area contributed by atoms with E-state index in [1.54, 1.807) is 0 Å². The quantitative estimate of drug-likeness (QED) is 0.318. The van der Waals surface area contributed by atoms with Gasteiger partial charge in [-0.25, -0.2) is 0 Å². The summed E-state index contributed by atoms with van der Waals surface area (Å²) in [6, 6.07) is 6.31. The number of hydrogen-bond acceptors (Lipinski definition) is 2. The Labute approximate surface area is 136 Å². The number of guanidine groups is 1. The SMILES string of the molecule is CC(=O)NCCN=C(N)Nc1ccc2c(c1)CCC2.I. The molecule has 0 aliphatic heterocycles. The van der Waals surface area contributed by atoms with Crippen molar-refractivity contribution in [3.8, 4) is 0 Å². The van der Waals surface area contributed by atoms with Crippen molar-refractivity contribution in [1.82, 2.24) is 5.32 Å². The number of carbonyl (C=O) groups is 1. The van der Waals surface area contributed by atoms with E-state index in [0.717, 1.165) is 12.1 Å². The van der Waals surface area contributed by atoms with Crippen LogP contribution in [0, 0.1) is 0 Å². The fraction of sp³-hybridized carbons (Fsp3) is 0.429. The number of rotatable bonds is 4. The third-order valence-electron chi connectivity index (χ3n) is 3.14. The number of nitrogens with zero attached hydrogens (tertiary/aromatic N) is 1. The van der Waals surface area contributed by atoms with Crippen molar-refractivity contribution >= 4 is 41.5 Å². The second-order valence-electron chi connectivity index (χ2n) is 4.71. The van der Waals surface area contributed by atoms with Gasteiger partial charge in [-0.05, 0) is 42.5 Å². The van der Waals surface area contributed by atoms with Crippen molar-refractivity contribution in [2.45, 2.75) is 26.2 Å². The number of nitrogens with one attached hydrogen (secondary N) is 2. The first-order valence-electron chi connectivity index (χ1n) is 6.58. The Balaban J connectivity index is 0.00000200. The van der Waals surface area contributed by atoms with Crippen LogP contribution in [0.4, 0.5) is 5.69 Å². The van der Waals surface area contributed by atoms with Gasteiger partial charge in [-0.3, -0.25) is 9.79 Å². The summed E-state index contributed by atoms with van der Waals surface area (Å²) in [5.41, 5.74) is 9.60. The van der Waals surface area contributed by atoms with Crippen molar-refractivity contribution in [3.63, 3.8) is 0 Å². The minimum atomic E-state index is -0.0552. The van der Waals surface area contributed by atoms with Crippen LogP contribution in [0.1, 0.15) is 24.5 Å². The molecule has 0 fully saturated rings. The van der Waals surface area contributed by atoms with Crippen LogP contribution in [0.3, 0.4) is 0 Å². The van der Waals surface area contributed by atoms with E-state index in [1.807, 2.05) is 6.07 Å². The Morgan fingerprint density at radius 1 is 1.35 bits per heavy atom. The first-order chi connectivity index (χ1) is 9.15. The zero-order chi connectivity index (χ0) is 13.7. The van der Waals surface area contributed by atoms with Crippen molar-refractivity contribution in [1.29, 1.82) is 0 Å². The molecule has 0 aromatic heterocycles. The standard InChI is InChI=1S/C14H20N4O.HI/c1-10(19)16-7-8-17-14(15)18-13-6-5-11-3-2-4-12(11)9-13;/h5-6,9H,2-4,7-8H2,1H3,(H,16,19)(H3,15,17,18);1H. The van der Waals surface area contributed by atoms with Crippen molar-refractivity contribution in [2.75, 3.05) is 18.4 Å². The summed E-state index contributed by atoms with van der Waals surface area (Å²) in [7, 11) is 0. The number of hydrogen-bond donors (Lipinski definition) is 3. The highest BCUT2D eigenvalue weighted by Crippen LogP contribution is 2.24. The average Bonchev–Trinajstić information content (AvgIpc) is 2.82. The van der Waals surface area contributed by atoms with Crippen molar-refractivity contribution < 1.29 is 4.79 Å². The number of benzene rings is 1. The number of halogens is 1. The summed E-state index contributed by atoms with van der Waals surface area (Å²) in [4.78, 5) is 14.8. The second kappa shape index (κ2) is 8.08.